The minimum atomic E-state index is -4.63. The van der Waals surface area contributed by atoms with Crippen LogP contribution in [0.4, 0.5) is 17.6 Å². The number of nitrogens with one attached hydrogen (secondary N) is 3. The van der Waals surface area contributed by atoms with Gasteiger partial charge in [-0.2, -0.15) is 13.2 Å². The molecule has 0 spiro atoms. The molecule has 27 heavy (non-hydrogen) atoms. The molecule has 5 nitrogen and oxygen atoms in total. The molecule has 0 saturated heterocycles. The number of guanidine groups is 1. The molecule has 0 radical (unpaired) electrons. The van der Waals surface area contributed by atoms with Crippen molar-refractivity contribution in [2.75, 3.05) is 13.6 Å². The molecule has 1 amide bonds. The second-order valence-electron chi connectivity index (χ2n) is 6.10. The molecule has 1 aromatic rings. The fourth-order valence-corrected chi connectivity index (χ4v) is 2.35. The Morgan fingerprint density at radius 2 is 1.96 bits per heavy atom. The van der Waals surface area contributed by atoms with Gasteiger partial charge in [-0.25, -0.2) is 4.39 Å². The molecule has 152 valence electrons. The van der Waals surface area contributed by atoms with Crippen molar-refractivity contribution >= 4 is 35.8 Å². The van der Waals surface area contributed by atoms with Crippen LogP contribution in [-0.4, -0.2) is 31.5 Å². The van der Waals surface area contributed by atoms with Crippen molar-refractivity contribution in [3.05, 3.63) is 35.1 Å². The van der Waals surface area contributed by atoms with E-state index in [1.54, 1.807) is 0 Å². The van der Waals surface area contributed by atoms with E-state index in [-0.39, 0.29) is 42.0 Å². The maximum Gasteiger partial charge on any atom is 0.416 e. The van der Waals surface area contributed by atoms with Gasteiger partial charge in [-0.3, -0.25) is 9.79 Å². The van der Waals surface area contributed by atoms with E-state index in [1.807, 2.05) is 0 Å². The molecule has 1 aromatic carbocycles. The van der Waals surface area contributed by atoms with Gasteiger partial charge >= 0.3 is 6.18 Å². The van der Waals surface area contributed by atoms with Gasteiger partial charge in [0.15, 0.2) is 5.96 Å². The van der Waals surface area contributed by atoms with Crippen LogP contribution in [0.25, 0.3) is 0 Å². The number of carbonyl (C=O) groups excluding carboxylic acids is 1. The number of benzene rings is 1. The molecular formula is C17H23F4IN4O. The molecule has 1 aliphatic rings. The van der Waals surface area contributed by atoms with Crippen molar-refractivity contribution in [1.29, 1.82) is 0 Å². The summed E-state index contributed by atoms with van der Waals surface area (Å²) in [5, 5.41) is 8.58. The number of aliphatic imine (C=N–C) groups is 1. The van der Waals surface area contributed by atoms with Crippen LogP contribution >= 0.6 is 24.0 Å². The summed E-state index contributed by atoms with van der Waals surface area (Å²) in [4.78, 5) is 15.5. The summed E-state index contributed by atoms with van der Waals surface area (Å²) in [6.45, 7) is 0.296. The number of alkyl halides is 3. The third-order valence-electron chi connectivity index (χ3n) is 3.86. The van der Waals surface area contributed by atoms with E-state index < -0.39 is 17.6 Å². The first kappa shape index (κ1) is 23.4. The average Bonchev–Trinajstić information content (AvgIpc) is 3.38. The SMILES string of the molecule is CN=C(NCCCC(=O)NC1CC1)NCc1ccc(F)cc1C(F)(F)F.I. The molecular weight excluding hydrogens is 479 g/mol. The first-order valence-electron chi connectivity index (χ1n) is 8.39. The van der Waals surface area contributed by atoms with Crippen LogP contribution in [0.5, 0.6) is 0 Å². The van der Waals surface area contributed by atoms with Gasteiger partial charge in [0.1, 0.15) is 5.82 Å². The van der Waals surface area contributed by atoms with Crippen molar-refractivity contribution in [1.82, 2.24) is 16.0 Å². The fraction of sp³-hybridized carbons (Fsp3) is 0.529. The minimum absolute atomic E-state index is 0. The Morgan fingerprint density at radius 3 is 2.56 bits per heavy atom. The van der Waals surface area contributed by atoms with E-state index in [2.05, 4.69) is 20.9 Å². The Labute approximate surface area is 172 Å². The van der Waals surface area contributed by atoms with Gasteiger partial charge in [-0.15, -0.1) is 24.0 Å². The maximum atomic E-state index is 13.1. The molecule has 1 fully saturated rings. The summed E-state index contributed by atoms with van der Waals surface area (Å²) in [6.07, 6.45) is -1.63. The zero-order valence-electron chi connectivity index (χ0n) is 14.8. The van der Waals surface area contributed by atoms with Crippen LogP contribution in [0, 0.1) is 5.82 Å². The number of hydrogen-bond donors (Lipinski definition) is 3. The summed E-state index contributed by atoms with van der Waals surface area (Å²) in [6, 6.07) is 2.89. The van der Waals surface area contributed by atoms with E-state index in [0.717, 1.165) is 25.0 Å². The predicted molar refractivity (Wildman–Crippen MR) is 105 cm³/mol. The quantitative estimate of drug-likeness (QED) is 0.177. The smallest absolute Gasteiger partial charge is 0.356 e. The first-order chi connectivity index (χ1) is 12.3. The van der Waals surface area contributed by atoms with Gasteiger partial charge in [0.2, 0.25) is 5.91 Å². The lowest BCUT2D eigenvalue weighted by atomic mass is 10.1. The molecule has 0 aliphatic heterocycles. The molecule has 1 aliphatic carbocycles. The number of rotatable bonds is 7. The lowest BCUT2D eigenvalue weighted by Crippen LogP contribution is -2.38. The highest BCUT2D eigenvalue weighted by Crippen LogP contribution is 2.32. The molecule has 0 heterocycles. The number of carbonyl (C=O) groups is 1. The Balaban J connectivity index is 0.00000364. The topological polar surface area (TPSA) is 65.5 Å². The van der Waals surface area contributed by atoms with E-state index in [0.29, 0.717) is 37.5 Å². The van der Waals surface area contributed by atoms with Crippen LogP contribution < -0.4 is 16.0 Å². The zero-order valence-corrected chi connectivity index (χ0v) is 17.2. The Kier molecular flexibility index (Phi) is 9.27. The van der Waals surface area contributed by atoms with Gasteiger partial charge in [0.25, 0.3) is 0 Å². The van der Waals surface area contributed by atoms with Crippen molar-refractivity contribution in [2.24, 2.45) is 4.99 Å². The van der Waals surface area contributed by atoms with Gasteiger partial charge in [0, 0.05) is 32.6 Å². The standard InChI is InChI=1S/C17H22F4N4O.HI/c1-22-16(23-8-2-3-15(26)25-13-6-7-13)24-10-11-4-5-12(18)9-14(11)17(19,20)21;/h4-5,9,13H,2-3,6-8,10H2,1H3,(H,25,26)(H2,22,23,24);1H. The molecule has 10 heteroatoms. The number of hydrogen-bond acceptors (Lipinski definition) is 2. The van der Waals surface area contributed by atoms with Crippen molar-refractivity contribution in [2.45, 2.75) is 44.4 Å². The second kappa shape index (κ2) is 10.7. The minimum Gasteiger partial charge on any atom is -0.356 e. The predicted octanol–water partition coefficient (Wildman–Crippen LogP) is 3.19. The molecule has 2 rings (SSSR count). The summed E-state index contributed by atoms with van der Waals surface area (Å²) < 4.78 is 52.0. The van der Waals surface area contributed by atoms with E-state index in [9.17, 15) is 22.4 Å². The van der Waals surface area contributed by atoms with Gasteiger partial charge in [0.05, 0.1) is 5.56 Å². The normalized spacial score (nSPS) is 14.3. The molecule has 0 unspecified atom stereocenters. The van der Waals surface area contributed by atoms with Crippen LogP contribution in [0.2, 0.25) is 0 Å². The summed E-state index contributed by atoms with van der Waals surface area (Å²) >= 11 is 0. The van der Waals surface area contributed by atoms with Crippen molar-refractivity contribution in [3.8, 4) is 0 Å². The molecule has 1 saturated carbocycles. The third-order valence-corrected chi connectivity index (χ3v) is 3.86. The van der Waals surface area contributed by atoms with Crippen LogP contribution in [0.15, 0.2) is 23.2 Å². The average molecular weight is 502 g/mol. The van der Waals surface area contributed by atoms with Crippen LogP contribution in [0.1, 0.15) is 36.8 Å². The van der Waals surface area contributed by atoms with Crippen molar-refractivity contribution in [3.63, 3.8) is 0 Å². The summed E-state index contributed by atoms with van der Waals surface area (Å²) in [5.41, 5.74) is -1.09. The molecule has 3 N–H and O–H groups in total. The number of amides is 1. The van der Waals surface area contributed by atoms with Gasteiger partial charge in [-0.1, -0.05) is 6.07 Å². The number of nitrogens with zero attached hydrogens (tertiary/aromatic N) is 1. The first-order valence-corrected chi connectivity index (χ1v) is 8.39. The highest BCUT2D eigenvalue weighted by Gasteiger charge is 2.33. The lowest BCUT2D eigenvalue weighted by Gasteiger charge is -2.16. The van der Waals surface area contributed by atoms with Crippen LogP contribution in [0.3, 0.4) is 0 Å². The summed E-state index contributed by atoms with van der Waals surface area (Å²) in [5.74, 6) is -0.628. The Hall–Kier alpha value is -1.59. The highest BCUT2D eigenvalue weighted by atomic mass is 127. The monoisotopic (exact) mass is 502 g/mol. The van der Waals surface area contributed by atoms with E-state index in [4.69, 9.17) is 0 Å². The van der Waals surface area contributed by atoms with E-state index in [1.165, 1.54) is 7.05 Å². The number of halogens is 5. The van der Waals surface area contributed by atoms with Crippen molar-refractivity contribution < 1.29 is 22.4 Å². The van der Waals surface area contributed by atoms with Gasteiger partial charge in [-0.05, 0) is 37.0 Å². The Bertz CT molecular complexity index is 663. The molecule has 0 aromatic heterocycles. The largest absolute Gasteiger partial charge is 0.416 e. The second-order valence-corrected chi connectivity index (χ2v) is 6.10. The maximum absolute atomic E-state index is 13.1. The molecule has 0 bridgehead atoms. The lowest BCUT2D eigenvalue weighted by molar-refractivity contribution is -0.138. The third kappa shape index (κ3) is 8.31. The molecule has 0 atom stereocenters. The van der Waals surface area contributed by atoms with Gasteiger partial charge < -0.3 is 16.0 Å². The Morgan fingerprint density at radius 1 is 1.26 bits per heavy atom. The summed E-state index contributed by atoms with van der Waals surface area (Å²) in [7, 11) is 1.49. The highest BCUT2D eigenvalue weighted by molar-refractivity contribution is 14.0. The van der Waals surface area contributed by atoms with Crippen LogP contribution in [-0.2, 0) is 17.5 Å². The zero-order chi connectivity index (χ0) is 19.2. The fourth-order valence-electron chi connectivity index (χ4n) is 2.35. The van der Waals surface area contributed by atoms with E-state index >= 15 is 0 Å².